The molecule has 0 radical (unpaired) electrons. The van der Waals surface area contributed by atoms with Crippen molar-refractivity contribution in [2.45, 2.75) is 19.0 Å². The van der Waals surface area contributed by atoms with Crippen LogP contribution in [0.3, 0.4) is 0 Å². The van der Waals surface area contributed by atoms with Gasteiger partial charge in [-0.25, -0.2) is 0 Å². The maximum atomic E-state index is 6.07. The van der Waals surface area contributed by atoms with Crippen LogP contribution in [0.15, 0.2) is 22.7 Å². The molecule has 1 aromatic rings. The molecule has 2 N–H and O–H groups in total. The molecule has 0 spiro atoms. The van der Waals surface area contributed by atoms with E-state index in [-0.39, 0.29) is 6.04 Å². The third-order valence-electron chi connectivity index (χ3n) is 4.49. The third-order valence-corrected chi connectivity index (χ3v) is 5.11. The summed E-state index contributed by atoms with van der Waals surface area (Å²) in [6.07, 6.45) is 0. The Morgan fingerprint density at radius 2 is 2.14 bits per heavy atom. The fourth-order valence-corrected chi connectivity index (χ4v) is 3.86. The summed E-state index contributed by atoms with van der Waals surface area (Å²) in [7, 11) is 6.00. The summed E-state index contributed by atoms with van der Waals surface area (Å²) in [6.45, 7) is 5.11. The third kappa shape index (κ3) is 3.59. The standard InChI is InChI=1S/C16H26BrN3O/c1-11-9-20(10-15(11)19(2)3)14(8-18)12-5-6-16(21-4)13(17)7-12/h5-7,11,14-15H,8-10,18H2,1-4H3. The number of rotatable bonds is 5. The Hall–Kier alpha value is -0.620. The normalized spacial score (nSPS) is 24.5. The molecular formula is C16H26BrN3O. The zero-order valence-corrected chi connectivity index (χ0v) is 14.9. The SMILES string of the molecule is COc1ccc(C(CN)N2CC(C)C(N(C)C)C2)cc1Br. The summed E-state index contributed by atoms with van der Waals surface area (Å²) < 4.78 is 6.29. The van der Waals surface area contributed by atoms with Crippen LogP contribution < -0.4 is 10.5 Å². The Balaban J connectivity index is 2.19. The molecule has 1 fully saturated rings. The van der Waals surface area contributed by atoms with E-state index in [9.17, 15) is 0 Å². The Bertz CT molecular complexity index is 481. The first-order valence-corrected chi connectivity index (χ1v) is 8.21. The Morgan fingerprint density at radius 1 is 1.43 bits per heavy atom. The Labute approximate surface area is 136 Å². The molecule has 2 rings (SSSR count). The van der Waals surface area contributed by atoms with Crippen molar-refractivity contribution in [1.82, 2.24) is 9.80 Å². The lowest BCUT2D eigenvalue weighted by atomic mass is 10.1. The van der Waals surface area contributed by atoms with Gasteiger partial charge in [-0.05, 0) is 53.6 Å². The number of ether oxygens (including phenoxy) is 1. The second-order valence-electron chi connectivity index (χ2n) is 6.11. The van der Waals surface area contributed by atoms with Gasteiger partial charge < -0.3 is 15.4 Å². The first-order chi connectivity index (χ1) is 9.97. The van der Waals surface area contributed by atoms with Crippen molar-refractivity contribution in [3.63, 3.8) is 0 Å². The fraction of sp³-hybridized carbons (Fsp3) is 0.625. The molecule has 118 valence electrons. The van der Waals surface area contributed by atoms with Gasteiger partial charge in [0.25, 0.3) is 0 Å². The average molecular weight is 356 g/mol. The number of likely N-dealkylation sites (N-methyl/N-ethyl adjacent to an activating group) is 1. The molecule has 0 bridgehead atoms. The van der Waals surface area contributed by atoms with Crippen molar-refractivity contribution < 1.29 is 4.74 Å². The zero-order valence-electron chi connectivity index (χ0n) is 13.3. The van der Waals surface area contributed by atoms with Crippen LogP contribution in [0.2, 0.25) is 0 Å². The van der Waals surface area contributed by atoms with Crippen LogP contribution in [0.4, 0.5) is 0 Å². The summed E-state index contributed by atoms with van der Waals surface area (Å²) in [5.74, 6) is 1.52. The summed E-state index contributed by atoms with van der Waals surface area (Å²) in [5, 5.41) is 0. The lowest BCUT2D eigenvalue weighted by Gasteiger charge is -2.28. The van der Waals surface area contributed by atoms with Crippen LogP contribution in [0.1, 0.15) is 18.5 Å². The van der Waals surface area contributed by atoms with Gasteiger partial charge in [-0.1, -0.05) is 13.0 Å². The lowest BCUT2D eigenvalue weighted by Crippen LogP contribution is -2.36. The molecule has 0 amide bonds. The number of nitrogens with zero attached hydrogens (tertiary/aromatic N) is 2. The van der Waals surface area contributed by atoms with Crippen LogP contribution >= 0.6 is 15.9 Å². The van der Waals surface area contributed by atoms with Gasteiger partial charge in [0.15, 0.2) is 0 Å². The van der Waals surface area contributed by atoms with Gasteiger partial charge in [0.1, 0.15) is 5.75 Å². The summed E-state index contributed by atoms with van der Waals surface area (Å²) in [6, 6.07) is 7.12. The molecular weight excluding hydrogens is 330 g/mol. The Morgan fingerprint density at radius 3 is 2.62 bits per heavy atom. The van der Waals surface area contributed by atoms with E-state index in [1.54, 1.807) is 7.11 Å². The molecule has 21 heavy (non-hydrogen) atoms. The number of hydrogen-bond acceptors (Lipinski definition) is 4. The highest BCUT2D eigenvalue weighted by Crippen LogP contribution is 2.33. The van der Waals surface area contributed by atoms with E-state index >= 15 is 0 Å². The van der Waals surface area contributed by atoms with Gasteiger partial charge in [0, 0.05) is 31.7 Å². The van der Waals surface area contributed by atoms with Gasteiger partial charge in [0.2, 0.25) is 0 Å². The highest BCUT2D eigenvalue weighted by atomic mass is 79.9. The average Bonchev–Trinajstić information content (AvgIpc) is 2.82. The predicted octanol–water partition coefficient (Wildman–Crippen LogP) is 2.34. The molecule has 5 heteroatoms. The van der Waals surface area contributed by atoms with E-state index in [1.807, 2.05) is 6.07 Å². The van der Waals surface area contributed by atoms with Crippen LogP contribution in [0.5, 0.6) is 5.75 Å². The molecule has 0 aromatic heterocycles. The first-order valence-electron chi connectivity index (χ1n) is 7.42. The molecule has 1 aromatic carbocycles. The van der Waals surface area contributed by atoms with E-state index in [1.165, 1.54) is 5.56 Å². The summed E-state index contributed by atoms with van der Waals surface area (Å²) in [5.41, 5.74) is 7.32. The van der Waals surface area contributed by atoms with E-state index < -0.39 is 0 Å². The van der Waals surface area contributed by atoms with Gasteiger partial charge in [-0.3, -0.25) is 4.90 Å². The number of hydrogen-bond donors (Lipinski definition) is 1. The van der Waals surface area contributed by atoms with Crippen molar-refractivity contribution in [2.24, 2.45) is 11.7 Å². The van der Waals surface area contributed by atoms with Crippen LogP contribution in [-0.4, -0.2) is 56.7 Å². The molecule has 1 saturated heterocycles. The highest BCUT2D eigenvalue weighted by Gasteiger charge is 2.34. The van der Waals surface area contributed by atoms with Crippen molar-refractivity contribution >= 4 is 15.9 Å². The van der Waals surface area contributed by atoms with Crippen LogP contribution in [0, 0.1) is 5.92 Å². The second kappa shape index (κ2) is 7.09. The molecule has 0 aliphatic carbocycles. The number of halogens is 1. The maximum absolute atomic E-state index is 6.07. The van der Waals surface area contributed by atoms with Gasteiger partial charge >= 0.3 is 0 Å². The number of likely N-dealkylation sites (tertiary alicyclic amines) is 1. The Kier molecular flexibility index (Phi) is 5.66. The topological polar surface area (TPSA) is 41.7 Å². The first kappa shape index (κ1) is 16.7. The van der Waals surface area contributed by atoms with Crippen molar-refractivity contribution in [3.05, 3.63) is 28.2 Å². The van der Waals surface area contributed by atoms with Crippen molar-refractivity contribution in [2.75, 3.05) is 40.8 Å². The van der Waals surface area contributed by atoms with Gasteiger partial charge in [-0.2, -0.15) is 0 Å². The maximum Gasteiger partial charge on any atom is 0.133 e. The smallest absolute Gasteiger partial charge is 0.133 e. The second-order valence-corrected chi connectivity index (χ2v) is 6.96. The number of benzene rings is 1. The minimum Gasteiger partial charge on any atom is -0.496 e. The van der Waals surface area contributed by atoms with E-state index in [0.717, 1.165) is 23.3 Å². The highest BCUT2D eigenvalue weighted by molar-refractivity contribution is 9.10. The minimum atomic E-state index is 0.264. The molecule has 0 saturated carbocycles. The quantitative estimate of drug-likeness (QED) is 0.879. The molecule has 1 heterocycles. The molecule has 3 unspecified atom stereocenters. The van der Waals surface area contributed by atoms with Crippen molar-refractivity contribution in [1.29, 1.82) is 0 Å². The van der Waals surface area contributed by atoms with E-state index in [2.05, 4.69) is 58.9 Å². The fourth-order valence-electron chi connectivity index (χ4n) is 3.30. The minimum absolute atomic E-state index is 0.264. The summed E-state index contributed by atoms with van der Waals surface area (Å²) in [4.78, 5) is 4.83. The van der Waals surface area contributed by atoms with E-state index in [0.29, 0.717) is 18.5 Å². The van der Waals surface area contributed by atoms with E-state index in [4.69, 9.17) is 10.5 Å². The number of methoxy groups -OCH3 is 1. The van der Waals surface area contributed by atoms with Crippen LogP contribution in [-0.2, 0) is 0 Å². The molecule has 1 aliphatic rings. The van der Waals surface area contributed by atoms with Crippen LogP contribution in [0.25, 0.3) is 0 Å². The molecule has 4 nitrogen and oxygen atoms in total. The largest absolute Gasteiger partial charge is 0.496 e. The number of nitrogens with two attached hydrogens (primary N) is 1. The molecule has 1 aliphatic heterocycles. The zero-order chi connectivity index (χ0) is 15.6. The van der Waals surface area contributed by atoms with Gasteiger partial charge in [-0.15, -0.1) is 0 Å². The monoisotopic (exact) mass is 355 g/mol. The predicted molar refractivity (Wildman–Crippen MR) is 90.7 cm³/mol. The molecule has 3 atom stereocenters. The lowest BCUT2D eigenvalue weighted by molar-refractivity contribution is 0.219. The van der Waals surface area contributed by atoms with Crippen molar-refractivity contribution in [3.8, 4) is 5.75 Å². The summed E-state index contributed by atoms with van der Waals surface area (Å²) >= 11 is 3.57. The van der Waals surface area contributed by atoms with Gasteiger partial charge in [0.05, 0.1) is 11.6 Å².